The summed E-state index contributed by atoms with van der Waals surface area (Å²) >= 11 is 0. The van der Waals surface area contributed by atoms with Gasteiger partial charge in [0.15, 0.2) is 11.4 Å². The minimum atomic E-state index is -0.789. The van der Waals surface area contributed by atoms with Gasteiger partial charge in [-0.15, -0.1) is 0 Å². The number of aliphatic hydroxyl groups is 1. The Kier molecular flexibility index (Phi) is 3.43. The average molecular weight is 201 g/mol. The van der Waals surface area contributed by atoms with Crippen LogP contribution in [-0.2, 0) is 11.3 Å². The summed E-state index contributed by atoms with van der Waals surface area (Å²) in [6.07, 6.45) is 0. The van der Waals surface area contributed by atoms with Crippen LogP contribution in [0, 0.1) is 0 Å². The molecule has 0 unspecified atom stereocenters. The van der Waals surface area contributed by atoms with E-state index in [2.05, 4.69) is 10.2 Å². The number of carbonyl (C=O) groups excluding carboxylic acids is 1. The van der Waals surface area contributed by atoms with Crippen molar-refractivity contribution in [2.24, 2.45) is 5.73 Å². The Morgan fingerprint density at radius 1 is 1.64 bits per heavy atom. The first kappa shape index (κ1) is 10.5. The lowest BCUT2D eigenvalue weighted by Gasteiger charge is -1.98. The lowest BCUT2D eigenvalue weighted by atomic mass is 10.3. The number of rotatable bonds is 5. The summed E-state index contributed by atoms with van der Waals surface area (Å²) in [7, 11) is 0. The Morgan fingerprint density at radius 3 is 2.86 bits per heavy atom. The van der Waals surface area contributed by atoms with Gasteiger partial charge in [0.25, 0.3) is 5.91 Å². The van der Waals surface area contributed by atoms with Crippen LogP contribution in [0.4, 0.5) is 0 Å². The van der Waals surface area contributed by atoms with E-state index in [1.807, 2.05) is 0 Å². The smallest absolute Gasteiger partial charge is 0.270 e. The van der Waals surface area contributed by atoms with Gasteiger partial charge >= 0.3 is 0 Å². The number of carbonyl (C=O) groups is 1. The van der Waals surface area contributed by atoms with Crippen molar-refractivity contribution in [2.45, 2.75) is 6.61 Å². The standard InChI is InChI=1S/C7H11N3O4/c8-7(13)5-6(12)4(9-10-5)3-14-2-1-11/h11-12H,1-3H2,(H2,8,13)(H,9,10). The second-order valence-electron chi connectivity index (χ2n) is 2.53. The second-order valence-corrected chi connectivity index (χ2v) is 2.53. The van der Waals surface area contributed by atoms with Crippen molar-refractivity contribution in [2.75, 3.05) is 13.2 Å². The maximum atomic E-state index is 10.7. The first-order valence-electron chi connectivity index (χ1n) is 3.91. The average Bonchev–Trinajstić information content (AvgIpc) is 2.48. The molecule has 78 valence electrons. The molecular formula is C7H11N3O4. The Hall–Kier alpha value is -1.60. The summed E-state index contributed by atoms with van der Waals surface area (Å²) in [4.78, 5) is 10.7. The van der Waals surface area contributed by atoms with Gasteiger partial charge in [-0.05, 0) is 0 Å². The van der Waals surface area contributed by atoms with Crippen LogP contribution < -0.4 is 5.73 Å². The lowest BCUT2D eigenvalue weighted by Crippen LogP contribution is -2.11. The maximum Gasteiger partial charge on any atom is 0.270 e. The van der Waals surface area contributed by atoms with Crippen LogP contribution in [0.25, 0.3) is 0 Å². The molecule has 7 nitrogen and oxygen atoms in total. The van der Waals surface area contributed by atoms with Gasteiger partial charge in [0.05, 0.1) is 19.8 Å². The fraction of sp³-hybridized carbons (Fsp3) is 0.429. The molecule has 1 aromatic heterocycles. The molecular weight excluding hydrogens is 190 g/mol. The summed E-state index contributed by atoms with van der Waals surface area (Å²) in [6.45, 7) is 0.0300. The zero-order valence-electron chi connectivity index (χ0n) is 7.36. The molecule has 1 heterocycles. The number of hydrogen-bond donors (Lipinski definition) is 4. The number of aromatic amines is 1. The number of nitrogens with one attached hydrogen (secondary N) is 1. The highest BCUT2D eigenvalue weighted by molar-refractivity contribution is 5.93. The van der Waals surface area contributed by atoms with Gasteiger partial charge in [-0.2, -0.15) is 5.10 Å². The third-order valence-electron chi connectivity index (χ3n) is 1.53. The van der Waals surface area contributed by atoms with Gasteiger partial charge in [-0.1, -0.05) is 0 Å². The predicted molar refractivity (Wildman–Crippen MR) is 45.5 cm³/mol. The second kappa shape index (κ2) is 4.58. The van der Waals surface area contributed by atoms with Crippen molar-refractivity contribution in [1.82, 2.24) is 10.2 Å². The van der Waals surface area contributed by atoms with Crippen LogP contribution in [0.15, 0.2) is 0 Å². The number of aliphatic hydroxyl groups excluding tert-OH is 1. The van der Waals surface area contributed by atoms with E-state index in [1.54, 1.807) is 0 Å². The first-order chi connectivity index (χ1) is 6.66. The van der Waals surface area contributed by atoms with Crippen LogP contribution in [0.3, 0.4) is 0 Å². The Morgan fingerprint density at radius 2 is 2.36 bits per heavy atom. The number of ether oxygens (including phenoxy) is 1. The minimum absolute atomic E-state index is 0.0101. The normalized spacial score (nSPS) is 10.4. The number of aromatic hydroxyl groups is 1. The number of nitrogens with zero attached hydrogens (tertiary/aromatic N) is 1. The van der Waals surface area contributed by atoms with Crippen molar-refractivity contribution in [3.8, 4) is 5.75 Å². The molecule has 0 aliphatic carbocycles. The molecule has 0 radical (unpaired) electrons. The number of hydrogen-bond acceptors (Lipinski definition) is 5. The Balaban J connectivity index is 2.65. The molecule has 0 spiro atoms. The van der Waals surface area contributed by atoms with Gasteiger partial charge < -0.3 is 20.7 Å². The number of primary amides is 1. The van der Waals surface area contributed by atoms with Crippen molar-refractivity contribution in [3.05, 3.63) is 11.4 Å². The number of amides is 1. The van der Waals surface area contributed by atoms with Crippen LogP contribution in [-0.4, -0.2) is 39.5 Å². The quantitative estimate of drug-likeness (QED) is 0.442. The zero-order valence-corrected chi connectivity index (χ0v) is 7.36. The van der Waals surface area contributed by atoms with E-state index in [4.69, 9.17) is 15.6 Å². The summed E-state index contributed by atoms with van der Waals surface area (Å²) < 4.78 is 4.90. The number of H-pyrrole nitrogens is 1. The molecule has 1 amide bonds. The topological polar surface area (TPSA) is 121 Å². The van der Waals surface area contributed by atoms with E-state index in [0.717, 1.165) is 0 Å². The monoisotopic (exact) mass is 201 g/mol. The van der Waals surface area contributed by atoms with Crippen molar-refractivity contribution in [1.29, 1.82) is 0 Å². The van der Waals surface area contributed by atoms with Crippen LogP contribution in [0.5, 0.6) is 5.75 Å². The maximum absolute atomic E-state index is 10.7. The largest absolute Gasteiger partial charge is 0.504 e. The van der Waals surface area contributed by atoms with Crippen molar-refractivity contribution >= 4 is 5.91 Å². The minimum Gasteiger partial charge on any atom is -0.504 e. The molecule has 0 saturated carbocycles. The van der Waals surface area contributed by atoms with E-state index >= 15 is 0 Å². The molecule has 14 heavy (non-hydrogen) atoms. The molecule has 1 rings (SSSR count). The Labute approximate surface area is 79.5 Å². The summed E-state index contributed by atoms with van der Waals surface area (Å²) in [6, 6.07) is 0. The van der Waals surface area contributed by atoms with Gasteiger partial charge in [-0.25, -0.2) is 0 Å². The van der Waals surface area contributed by atoms with Crippen LogP contribution in [0.1, 0.15) is 16.2 Å². The van der Waals surface area contributed by atoms with Crippen LogP contribution in [0.2, 0.25) is 0 Å². The van der Waals surface area contributed by atoms with Gasteiger partial charge in [0.2, 0.25) is 0 Å². The first-order valence-corrected chi connectivity index (χ1v) is 3.91. The predicted octanol–water partition coefficient (Wildman–Crippen LogP) is -1.28. The highest BCUT2D eigenvalue weighted by atomic mass is 16.5. The number of aromatic nitrogens is 2. The molecule has 7 heteroatoms. The van der Waals surface area contributed by atoms with Gasteiger partial charge in [0, 0.05) is 0 Å². The molecule has 0 aliphatic heterocycles. The zero-order chi connectivity index (χ0) is 10.6. The fourth-order valence-electron chi connectivity index (χ4n) is 0.879. The molecule has 0 aliphatic rings. The third-order valence-corrected chi connectivity index (χ3v) is 1.53. The third kappa shape index (κ3) is 2.21. The summed E-state index contributed by atoms with van der Waals surface area (Å²) in [5, 5.41) is 23.7. The molecule has 0 atom stereocenters. The molecule has 0 saturated heterocycles. The van der Waals surface area contributed by atoms with E-state index in [1.165, 1.54) is 0 Å². The van der Waals surface area contributed by atoms with Crippen LogP contribution >= 0.6 is 0 Å². The van der Waals surface area contributed by atoms with E-state index in [-0.39, 0.29) is 37.0 Å². The van der Waals surface area contributed by atoms with Crippen molar-refractivity contribution < 1.29 is 19.7 Å². The highest BCUT2D eigenvalue weighted by Gasteiger charge is 2.15. The molecule has 0 bridgehead atoms. The molecule has 5 N–H and O–H groups in total. The SMILES string of the molecule is NC(=O)c1[nH]nc(COCCO)c1O. The highest BCUT2D eigenvalue weighted by Crippen LogP contribution is 2.19. The molecule has 0 aromatic carbocycles. The van der Waals surface area contributed by atoms with Crippen molar-refractivity contribution in [3.63, 3.8) is 0 Å². The lowest BCUT2D eigenvalue weighted by molar-refractivity contribution is 0.0785. The summed E-state index contributed by atoms with van der Waals surface area (Å²) in [5.74, 6) is -1.10. The van der Waals surface area contributed by atoms with E-state index in [0.29, 0.717) is 0 Å². The summed E-state index contributed by atoms with van der Waals surface area (Å²) in [5.41, 5.74) is 4.97. The van der Waals surface area contributed by atoms with E-state index in [9.17, 15) is 9.90 Å². The molecule has 1 aromatic rings. The molecule has 0 fully saturated rings. The Bertz CT molecular complexity index is 323. The van der Waals surface area contributed by atoms with Gasteiger partial charge in [0.1, 0.15) is 5.69 Å². The van der Waals surface area contributed by atoms with E-state index < -0.39 is 5.91 Å². The number of nitrogens with two attached hydrogens (primary N) is 1. The van der Waals surface area contributed by atoms with Gasteiger partial charge in [-0.3, -0.25) is 9.89 Å². The fourth-order valence-corrected chi connectivity index (χ4v) is 0.879.